The molecule has 1 aliphatic carbocycles. The summed E-state index contributed by atoms with van der Waals surface area (Å²) in [7, 11) is 2.45. The molecule has 0 aliphatic heterocycles. The van der Waals surface area contributed by atoms with Gasteiger partial charge in [0.2, 0.25) is 11.6 Å². The summed E-state index contributed by atoms with van der Waals surface area (Å²) in [4.78, 5) is 35.4. The third kappa shape index (κ3) is 1.54. The van der Waals surface area contributed by atoms with Gasteiger partial charge in [0.05, 0.1) is 19.8 Å². The second-order valence-electron chi connectivity index (χ2n) is 3.64. The van der Waals surface area contributed by atoms with Crippen LogP contribution in [0.2, 0.25) is 0 Å². The van der Waals surface area contributed by atoms with E-state index in [1.54, 1.807) is 0 Å². The van der Waals surface area contributed by atoms with Crippen LogP contribution in [0.25, 0.3) is 0 Å². The van der Waals surface area contributed by atoms with Gasteiger partial charge in [-0.15, -0.1) is 0 Å². The van der Waals surface area contributed by atoms with Crippen LogP contribution < -0.4 is 0 Å². The molecule has 94 valence electrons. The number of aryl methyl sites for hydroxylation is 1. The molecule has 0 unspecified atom stereocenters. The van der Waals surface area contributed by atoms with E-state index in [1.165, 1.54) is 21.1 Å². The fourth-order valence-corrected chi connectivity index (χ4v) is 1.81. The number of Topliss-reactive ketones (excluding diaryl/α,β-unsaturated/α-hetero) is 1. The van der Waals surface area contributed by atoms with Crippen molar-refractivity contribution in [1.82, 2.24) is 0 Å². The molecule has 0 amide bonds. The molecule has 0 saturated carbocycles. The summed E-state index contributed by atoms with van der Waals surface area (Å²) in [5, 5.41) is 0. The quantitative estimate of drug-likeness (QED) is 0.735. The Morgan fingerprint density at radius 1 is 1.28 bits per heavy atom. The molecular formula is C12H10O6. The fraction of sp³-hybridized carbons (Fsp3) is 0.250. The van der Waals surface area contributed by atoms with Crippen molar-refractivity contribution in [3.8, 4) is 0 Å². The van der Waals surface area contributed by atoms with Crippen LogP contribution in [0.15, 0.2) is 16.3 Å². The topological polar surface area (TPSA) is 82.8 Å². The highest BCUT2D eigenvalue weighted by Gasteiger charge is 2.37. The van der Waals surface area contributed by atoms with E-state index >= 15 is 0 Å². The van der Waals surface area contributed by atoms with Gasteiger partial charge in [-0.1, -0.05) is 0 Å². The number of carbonyl (C=O) groups excluding carboxylic acids is 3. The van der Waals surface area contributed by atoms with Gasteiger partial charge in [0.1, 0.15) is 11.3 Å². The number of hydrogen-bond donors (Lipinski definition) is 0. The minimum Gasteiger partial charge on any atom is -0.492 e. The van der Waals surface area contributed by atoms with E-state index in [1.807, 2.05) is 0 Å². The average molecular weight is 250 g/mol. The van der Waals surface area contributed by atoms with Crippen molar-refractivity contribution in [1.29, 1.82) is 0 Å². The minimum atomic E-state index is -0.726. The Balaban J connectivity index is 2.69. The maximum absolute atomic E-state index is 12.0. The molecule has 0 radical (unpaired) electrons. The highest BCUT2D eigenvalue weighted by molar-refractivity contribution is 6.25. The summed E-state index contributed by atoms with van der Waals surface area (Å²) in [6, 6.07) is 0. The smallest absolute Gasteiger partial charge is 0.342 e. The van der Waals surface area contributed by atoms with Crippen molar-refractivity contribution < 1.29 is 28.3 Å². The van der Waals surface area contributed by atoms with E-state index < -0.39 is 17.5 Å². The molecule has 1 heterocycles. The Morgan fingerprint density at radius 3 is 2.50 bits per heavy atom. The first-order chi connectivity index (χ1) is 8.51. The van der Waals surface area contributed by atoms with Gasteiger partial charge in [0, 0.05) is 6.08 Å². The Labute approximate surface area is 102 Å². The fourth-order valence-electron chi connectivity index (χ4n) is 1.81. The van der Waals surface area contributed by atoms with Crippen LogP contribution in [0.1, 0.15) is 37.0 Å². The number of furan rings is 1. The van der Waals surface area contributed by atoms with E-state index in [2.05, 4.69) is 4.74 Å². The number of methoxy groups -OCH3 is 2. The third-order valence-corrected chi connectivity index (χ3v) is 2.63. The minimum absolute atomic E-state index is 0.0338. The van der Waals surface area contributed by atoms with E-state index in [0.717, 1.165) is 6.08 Å². The lowest BCUT2D eigenvalue weighted by atomic mass is 9.96. The summed E-state index contributed by atoms with van der Waals surface area (Å²) < 4.78 is 14.5. The zero-order valence-electron chi connectivity index (χ0n) is 10.0. The molecule has 18 heavy (non-hydrogen) atoms. The number of esters is 1. The molecule has 1 aromatic heterocycles. The molecule has 1 aliphatic rings. The van der Waals surface area contributed by atoms with E-state index in [9.17, 15) is 14.4 Å². The molecule has 0 bridgehead atoms. The van der Waals surface area contributed by atoms with Gasteiger partial charge in [-0.3, -0.25) is 9.59 Å². The second-order valence-corrected chi connectivity index (χ2v) is 3.64. The zero-order chi connectivity index (χ0) is 13.4. The van der Waals surface area contributed by atoms with Crippen LogP contribution in [0.4, 0.5) is 0 Å². The molecular weight excluding hydrogens is 240 g/mol. The molecule has 6 nitrogen and oxygen atoms in total. The second kappa shape index (κ2) is 4.14. The lowest BCUT2D eigenvalue weighted by Crippen LogP contribution is -2.19. The van der Waals surface area contributed by atoms with Gasteiger partial charge in [0.15, 0.2) is 11.5 Å². The van der Waals surface area contributed by atoms with Crippen molar-refractivity contribution in [3.05, 3.63) is 34.5 Å². The normalized spacial score (nSPS) is 14.1. The summed E-state index contributed by atoms with van der Waals surface area (Å²) in [6.45, 7) is 1.48. The molecule has 0 aromatic carbocycles. The molecule has 2 rings (SSSR count). The largest absolute Gasteiger partial charge is 0.492 e. The summed E-state index contributed by atoms with van der Waals surface area (Å²) in [5.41, 5.74) is -0.128. The Bertz CT molecular complexity index is 590. The average Bonchev–Trinajstić information content (AvgIpc) is 2.71. The number of carbonyl (C=O) groups is 3. The van der Waals surface area contributed by atoms with Gasteiger partial charge < -0.3 is 13.9 Å². The number of ketones is 2. The summed E-state index contributed by atoms with van der Waals surface area (Å²) in [5.74, 6) is -1.92. The molecule has 1 aromatic rings. The van der Waals surface area contributed by atoms with Gasteiger partial charge >= 0.3 is 5.97 Å². The van der Waals surface area contributed by atoms with Crippen molar-refractivity contribution >= 4 is 17.5 Å². The van der Waals surface area contributed by atoms with Gasteiger partial charge in [-0.25, -0.2) is 4.79 Å². The number of allylic oxidation sites excluding steroid dienone is 2. The summed E-state index contributed by atoms with van der Waals surface area (Å²) in [6.07, 6.45) is 1.04. The maximum atomic E-state index is 12.0. The van der Waals surface area contributed by atoms with Crippen molar-refractivity contribution in [2.75, 3.05) is 14.2 Å². The standard InChI is InChI=1S/C12H10O6/c1-5-8(12(15)17-3)9-10(14)7(16-2)4-6(13)11(9)18-5/h4H,1-3H3. The van der Waals surface area contributed by atoms with Crippen LogP contribution in [0.5, 0.6) is 0 Å². The molecule has 0 N–H and O–H groups in total. The lowest BCUT2D eigenvalue weighted by Gasteiger charge is -2.10. The maximum Gasteiger partial charge on any atom is 0.342 e. The molecule has 6 heteroatoms. The number of ether oxygens (including phenoxy) is 2. The highest BCUT2D eigenvalue weighted by Crippen LogP contribution is 2.30. The first-order valence-corrected chi connectivity index (χ1v) is 5.07. The number of rotatable bonds is 2. The Morgan fingerprint density at radius 2 is 1.94 bits per heavy atom. The number of fused-ring (bicyclic) bond motifs is 1. The van der Waals surface area contributed by atoms with Gasteiger partial charge in [-0.2, -0.15) is 0 Å². The Kier molecular flexibility index (Phi) is 2.78. The van der Waals surface area contributed by atoms with E-state index in [0.29, 0.717) is 0 Å². The van der Waals surface area contributed by atoms with Crippen molar-refractivity contribution in [3.63, 3.8) is 0 Å². The molecule has 0 spiro atoms. The molecule has 0 atom stereocenters. The van der Waals surface area contributed by atoms with Crippen LogP contribution in [0, 0.1) is 6.92 Å². The van der Waals surface area contributed by atoms with Gasteiger partial charge in [-0.05, 0) is 6.92 Å². The first kappa shape index (κ1) is 12.1. The molecule has 0 fully saturated rings. The highest BCUT2D eigenvalue weighted by atomic mass is 16.5. The van der Waals surface area contributed by atoms with E-state index in [4.69, 9.17) is 9.15 Å². The monoisotopic (exact) mass is 250 g/mol. The van der Waals surface area contributed by atoms with Crippen molar-refractivity contribution in [2.24, 2.45) is 0 Å². The lowest BCUT2D eigenvalue weighted by molar-refractivity contribution is 0.0595. The van der Waals surface area contributed by atoms with E-state index in [-0.39, 0.29) is 28.4 Å². The van der Waals surface area contributed by atoms with Gasteiger partial charge in [0.25, 0.3) is 0 Å². The summed E-state index contributed by atoms with van der Waals surface area (Å²) >= 11 is 0. The Hall–Kier alpha value is -2.37. The predicted octanol–water partition coefficient (Wildman–Crippen LogP) is 1.28. The first-order valence-electron chi connectivity index (χ1n) is 5.07. The SMILES string of the molecule is COC(=O)c1c(C)oc2c1C(=O)C(OC)=CC2=O. The van der Waals surface area contributed by atoms with Crippen LogP contribution >= 0.6 is 0 Å². The van der Waals surface area contributed by atoms with Crippen LogP contribution in [-0.4, -0.2) is 31.8 Å². The van der Waals surface area contributed by atoms with Crippen LogP contribution in [0.3, 0.4) is 0 Å². The van der Waals surface area contributed by atoms with Crippen LogP contribution in [-0.2, 0) is 9.47 Å². The zero-order valence-corrected chi connectivity index (χ0v) is 10.0. The molecule has 0 saturated heterocycles. The predicted molar refractivity (Wildman–Crippen MR) is 58.5 cm³/mol. The van der Waals surface area contributed by atoms with Crippen molar-refractivity contribution in [2.45, 2.75) is 6.92 Å². The third-order valence-electron chi connectivity index (χ3n) is 2.63. The number of hydrogen-bond acceptors (Lipinski definition) is 6.